The Balaban J connectivity index is 1.81. The Morgan fingerprint density at radius 1 is 1.17 bits per heavy atom. The molecule has 1 fully saturated rings. The number of carbonyl (C=O) groups is 1. The van der Waals surface area contributed by atoms with Crippen LogP contribution in [0.25, 0.3) is 11.1 Å². The monoisotopic (exact) mass is 519 g/mol. The molecule has 2 aliphatic rings. The zero-order chi connectivity index (χ0) is 25.5. The minimum absolute atomic E-state index is 0.0423. The number of ether oxygens (including phenoxy) is 1. The highest BCUT2D eigenvalue weighted by Crippen LogP contribution is 2.38. The van der Waals surface area contributed by atoms with Crippen LogP contribution in [0.2, 0.25) is 0 Å². The van der Waals surface area contributed by atoms with Crippen LogP contribution in [0.15, 0.2) is 42.5 Å². The van der Waals surface area contributed by atoms with Crippen molar-refractivity contribution in [1.82, 2.24) is 14.5 Å². The summed E-state index contributed by atoms with van der Waals surface area (Å²) in [6, 6.07) is 6.04. The summed E-state index contributed by atoms with van der Waals surface area (Å²) in [6.45, 7) is -1.44. The van der Waals surface area contributed by atoms with Gasteiger partial charge in [-0.3, -0.25) is 0 Å². The van der Waals surface area contributed by atoms with E-state index in [9.17, 15) is 35.2 Å². The van der Waals surface area contributed by atoms with Gasteiger partial charge in [-0.1, -0.05) is 36.4 Å². The molecule has 35 heavy (non-hydrogen) atoms. The van der Waals surface area contributed by atoms with Crippen LogP contribution in [-0.4, -0.2) is 74.8 Å². The molecule has 1 unspecified atom stereocenters. The van der Waals surface area contributed by atoms with Crippen molar-refractivity contribution in [3.05, 3.63) is 53.8 Å². The lowest BCUT2D eigenvalue weighted by molar-refractivity contribution is -0.00553. The van der Waals surface area contributed by atoms with Crippen molar-refractivity contribution in [1.29, 1.82) is 0 Å². The molecule has 1 N–H and O–H groups in total. The number of halogens is 5. The van der Waals surface area contributed by atoms with Gasteiger partial charge in [0.1, 0.15) is 12.6 Å². The van der Waals surface area contributed by atoms with E-state index < -0.39 is 52.2 Å². The Hall–Kier alpha value is -2.93. The van der Waals surface area contributed by atoms with E-state index in [1.807, 2.05) is 0 Å². The van der Waals surface area contributed by atoms with Crippen molar-refractivity contribution in [3.8, 4) is 16.9 Å². The molecule has 4 rings (SSSR count). The molecule has 13 heteroatoms. The Labute approximate surface area is 198 Å². The third-order valence-corrected chi connectivity index (χ3v) is 7.09. The number of carbonyl (C=O) groups excluding carboxylic acids is 1. The molecule has 2 bridgehead atoms. The number of fused-ring (bicyclic) bond motifs is 5. The van der Waals surface area contributed by atoms with Gasteiger partial charge in [0.2, 0.25) is 0 Å². The van der Waals surface area contributed by atoms with Crippen LogP contribution < -0.4 is 9.46 Å². The number of likely N-dealkylation sites (N-methyl/N-ethyl adjacent to an activating group) is 1. The average Bonchev–Trinajstić information content (AvgIpc) is 3.03. The van der Waals surface area contributed by atoms with Gasteiger partial charge in [0.05, 0.1) is 19.1 Å². The van der Waals surface area contributed by atoms with Crippen molar-refractivity contribution >= 4 is 16.1 Å². The van der Waals surface area contributed by atoms with E-state index in [0.29, 0.717) is 16.7 Å². The lowest BCUT2D eigenvalue weighted by Gasteiger charge is -2.31. The molecule has 0 saturated carbocycles. The highest BCUT2D eigenvalue weighted by molar-refractivity contribution is 7.89. The van der Waals surface area contributed by atoms with Crippen LogP contribution in [0.1, 0.15) is 5.56 Å². The summed E-state index contributed by atoms with van der Waals surface area (Å²) in [4.78, 5) is 14.9. The van der Waals surface area contributed by atoms with Crippen LogP contribution in [0.5, 0.6) is 5.75 Å². The molecule has 7 nitrogen and oxygen atoms in total. The van der Waals surface area contributed by atoms with Crippen molar-refractivity contribution < 1.29 is 39.9 Å². The summed E-state index contributed by atoms with van der Waals surface area (Å²) in [7, 11) is -4.06. The molecule has 0 radical (unpaired) electrons. The normalized spacial score (nSPS) is 22.5. The van der Waals surface area contributed by atoms with Crippen molar-refractivity contribution in [2.24, 2.45) is 0 Å². The van der Waals surface area contributed by atoms with Gasteiger partial charge in [-0.25, -0.2) is 26.4 Å². The third-order valence-electron chi connectivity index (χ3n) is 6.04. The number of hydrogen-bond donors (Lipinski definition) is 1. The summed E-state index contributed by atoms with van der Waals surface area (Å²) in [5.74, 6) is -8.41. The maximum atomic E-state index is 15.0. The Morgan fingerprint density at radius 3 is 2.60 bits per heavy atom. The summed E-state index contributed by atoms with van der Waals surface area (Å²) in [5, 5.41) is 0. The van der Waals surface area contributed by atoms with E-state index in [4.69, 9.17) is 4.74 Å². The molecule has 2 amide bonds. The van der Waals surface area contributed by atoms with Crippen LogP contribution in [0.4, 0.5) is 26.7 Å². The molecule has 2 aliphatic heterocycles. The number of urea groups is 1. The minimum Gasteiger partial charge on any atom is -0.488 e. The van der Waals surface area contributed by atoms with Gasteiger partial charge in [0, 0.05) is 12.6 Å². The number of rotatable bonds is 3. The second-order valence-corrected chi connectivity index (χ2v) is 10.1. The SMILES string of the molecule is CN1CCOc2c(F)cccc2-c2cccc(c2)C[C@H]2C(NS(=O)(=O)C(F)F)C(F)(F)CN2C1=O. The molecule has 2 atom stereocenters. The largest absolute Gasteiger partial charge is 0.488 e. The molecular weight excluding hydrogens is 497 g/mol. The molecule has 0 aromatic heterocycles. The zero-order valence-corrected chi connectivity index (χ0v) is 19.2. The smallest absolute Gasteiger partial charge is 0.350 e. The predicted molar refractivity (Wildman–Crippen MR) is 116 cm³/mol. The molecule has 1 saturated heterocycles. The fraction of sp³-hybridized carbons (Fsp3) is 0.409. The summed E-state index contributed by atoms with van der Waals surface area (Å²) >= 11 is 0. The molecule has 2 aromatic carbocycles. The highest BCUT2D eigenvalue weighted by atomic mass is 32.2. The molecule has 0 spiro atoms. The highest BCUT2D eigenvalue weighted by Gasteiger charge is 2.58. The number of nitrogens with one attached hydrogen (secondary N) is 1. The summed E-state index contributed by atoms with van der Waals surface area (Å²) in [5.41, 5.74) is 1.29. The fourth-order valence-electron chi connectivity index (χ4n) is 4.32. The van der Waals surface area contributed by atoms with Crippen molar-refractivity contribution in [2.75, 3.05) is 26.7 Å². The first kappa shape index (κ1) is 25.2. The zero-order valence-electron chi connectivity index (χ0n) is 18.4. The number of benzene rings is 2. The van der Waals surface area contributed by atoms with Gasteiger partial charge in [-0.15, -0.1) is 0 Å². The lowest BCUT2D eigenvalue weighted by Crippen LogP contribution is -2.54. The standard InChI is InChI=1S/C22H22F5N3O4S/c1-29-8-9-34-18-15(6-3-7-16(18)23)14-5-2-4-13(10-14)11-17-19(28-35(32,33)20(24)25)22(26,27)12-30(17)21(29)31/h2-7,10,17,19-20,28H,8-9,11-12H2,1H3/t17-,19?/m0/s1. The first-order valence-electron chi connectivity index (χ1n) is 10.6. The van der Waals surface area contributed by atoms with E-state index in [2.05, 4.69) is 0 Å². The fourth-order valence-corrected chi connectivity index (χ4v) is 5.11. The number of sulfonamides is 1. The van der Waals surface area contributed by atoms with E-state index in [1.165, 1.54) is 23.9 Å². The molecule has 2 heterocycles. The van der Waals surface area contributed by atoms with E-state index >= 15 is 0 Å². The van der Waals surface area contributed by atoms with Gasteiger partial charge in [0.25, 0.3) is 15.9 Å². The van der Waals surface area contributed by atoms with Crippen LogP contribution in [0, 0.1) is 5.82 Å². The Bertz CT molecular complexity index is 1230. The number of nitrogens with zero attached hydrogens (tertiary/aromatic N) is 2. The van der Waals surface area contributed by atoms with Crippen LogP contribution in [-0.2, 0) is 16.4 Å². The first-order chi connectivity index (χ1) is 16.4. The first-order valence-corrected chi connectivity index (χ1v) is 12.1. The third kappa shape index (κ3) is 4.92. The Kier molecular flexibility index (Phi) is 6.66. The number of hydrogen-bond acceptors (Lipinski definition) is 4. The molecule has 2 aromatic rings. The minimum atomic E-state index is -5.38. The van der Waals surface area contributed by atoms with E-state index in [-0.39, 0.29) is 25.3 Å². The van der Waals surface area contributed by atoms with Gasteiger partial charge >= 0.3 is 11.8 Å². The van der Waals surface area contributed by atoms with Crippen LogP contribution >= 0.6 is 0 Å². The van der Waals surface area contributed by atoms with Gasteiger partial charge in [0.15, 0.2) is 11.6 Å². The van der Waals surface area contributed by atoms with Crippen molar-refractivity contribution in [3.63, 3.8) is 0 Å². The molecular formula is C22H22F5N3O4S. The van der Waals surface area contributed by atoms with Crippen molar-refractivity contribution in [2.45, 2.75) is 30.2 Å². The average molecular weight is 519 g/mol. The topological polar surface area (TPSA) is 79.0 Å². The maximum Gasteiger partial charge on any atom is 0.350 e. The summed E-state index contributed by atoms with van der Waals surface area (Å²) in [6.07, 6.45) is -0.273. The van der Waals surface area contributed by atoms with E-state index in [0.717, 1.165) is 9.80 Å². The number of amides is 2. The van der Waals surface area contributed by atoms with Gasteiger partial charge < -0.3 is 14.5 Å². The molecule has 0 aliphatic carbocycles. The lowest BCUT2D eigenvalue weighted by atomic mass is 9.96. The predicted octanol–water partition coefficient (Wildman–Crippen LogP) is 3.31. The number of alkyl halides is 4. The second kappa shape index (κ2) is 9.26. The molecule has 190 valence electrons. The van der Waals surface area contributed by atoms with E-state index in [1.54, 1.807) is 30.3 Å². The number of para-hydroxylation sites is 1. The second-order valence-electron chi connectivity index (χ2n) is 8.43. The maximum absolute atomic E-state index is 15.0. The van der Waals surface area contributed by atoms with Gasteiger partial charge in [-0.2, -0.15) is 13.5 Å². The quantitative estimate of drug-likeness (QED) is 0.632. The Morgan fingerprint density at radius 2 is 1.89 bits per heavy atom. The summed E-state index contributed by atoms with van der Waals surface area (Å²) < 4.78 is 101. The van der Waals surface area contributed by atoms with Gasteiger partial charge in [-0.05, 0) is 23.6 Å². The van der Waals surface area contributed by atoms with Crippen LogP contribution in [0.3, 0.4) is 0 Å².